The third-order valence-corrected chi connectivity index (χ3v) is 3.46. The van der Waals surface area contributed by atoms with Gasteiger partial charge in [-0.1, -0.05) is 0 Å². The van der Waals surface area contributed by atoms with Crippen LogP contribution in [0.15, 0.2) is 0 Å². The van der Waals surface area contributed by atoms with Crippen molar-refractivity contribution in [3.63, 3.8) is 0 Å². The molecule has 5 heteroatoms. The van der Waals surface area contributed by atoms with Gasteiger partial charge in [-0.25, -0.2) is 0 Å². The Hall–Kier alpha value is -0.320. The van der Waals surface area contributed by atoms with Gasteiger partial charge in [-0.15, -0.1) is 11.6 Å². The molecular weight excluding hydrogens is 274 g/mol. The molecule has 0 rings (SSSR count). The Kier molecular flexibility index (Phi) is 12.2. The van der Waals surface area contributed by atoms with Crippen LogP contribution in [0.5, 0.6) is 0 Å². The number of carbonyl (C=O) groups is 1. The molecule has 0 aliphatic heterocycles. The highest BCUT2D eigenvalue weighted by Crippen LogP contribution is 2.05. The Morgan fingerprint density at radius 1 is 0.800 bits per heavy atom. The molecular formula is C15H32ClN3O. The van der Waals surface area contributed by atoms with E-state index in [0.717, 1.165) is 51.9 Å². The minimum Gasteiger partial charge on any atom is -0.343 e. The Morgan fingerprint density at radius 2 is 1.30 bits per heavy atom. The molecule has 20 heavy (non-hydrogen) atoms. The summed E-state index contributed by atoms with van der Waals surface area (Å²) in [7, 11) is 8.27. The Balaban J connectivity index is 4.11. The zero-order valence-electron chi connectivity index (χ0n) is 13.7. The molecule has 4 nitrogen and oxygen atoms in total. The van der Waals surface area contributed by atoms with Crippen LogP contribution in [0.4, 0.5) is 0 Å². The molecule has 120 valence electrons. The summed E-state index contributed by atoms with van der Waals surface area (Å²) in [4.78, 5) is 18.6. The van der Waals surface area contributed by atoms with Gasteiger partial charge in [0.15, 0.2) is 0 Å². The first kappa shape index (κ1) is 19.7. The van der Waals surface area contributed by atoms with Crippen LogP contribution in [0.3, 0.4) is 0 Å². The summed E-state index contributed by atoms with van der Waals surface area (Å²) < 4.78 is 0. The molecule has 0 bridgehead atoms. The van der Waals surface area contributed by atoms with Crippen LogP contribution in [-0.4, -0.2) is 80.9 Å². The van der Waals surface area contributed by atoms with Gasteiger partial charge in [0, 0.05) is 25.4 Å². The maximum Gasteiger partial charge on any atom is 0.222 e. The fourth-order valence-electron chi connectivity index (χ4n) is 2.05. The monoisotopic (exact) mass is 305 g/mol. The minimum absolute atomic E-state index is 0.285. The molecule has 0 aliphatic rings. The van der Waals surface area contributed by atoms with E-state index in [-0.39, 0.29) is 5.91 Å². The molecule has 0 atom stereocenters. The third kappa shape index (κ3) is 11.5. The Bertz CT molecular complexity index is 233. The van der Waals surface area contributed by atoms with E-state index in [0.29, 0.717) is 12.3 Å². The topological polar surface area (TPSA) is 26.8 Å². The minimum atomic E-state index is 0.285. The molecule has 0 radical (unpaired) electrons. The smallest absolute Gasteiger partial charge is 0.222 e. The van der Waals surface area contributed by atoms with Crippen molar-refractivity contribution in [3.05, 3.63) is 0 Å². The summed E-state index contributed by atoms with van der Waals surface area (Å²) in [6.07, 6.45) is 4.54. The fourth-order valence-corrected chi connectivity index (χ4v) is 2.23. The van der Waals surface area contributed by atoms with Crippen LogP contribution < -0.4 is 0 Å². The van der Waals surface area contributed by atoms with Crippen LogP contribution >= 0.6 is 11.6 Å². The van der Waals surface area contributed by atoms with Gasteiger partial charge < -0.3 is 14.7 Å². The number of hydrogen-bond acceptors (Lipinski definition) is 3. The number of halogens is 1. The molecule has 0 N–H and O–H groups in total. The highest BCUT2D eigenvalue weighted by molar-refractivity contribution is 6.17. The number of nitrogens with zero attached hydrogens (tertiary/aromatic N) is 3. The van der Waals surface area contributed by atoms with Gasteiger partial charge in [-0.3, -0.25) is 4.79 Å². The number of rotatable bonds is 12. The van der Waals surface area contributed by atoms with Crippen molar-refractivity contribution >= 4 is 17.5 Å². The number of carbonyl (C=O) groups excluding carboxylic acids is 1. The standard InChI is InChI=1S/C15H32ClN3O/c1-17(2)11-7-13-19(14-8-12-18(3)4)15(20)9-5-6-10-16/h5-14H2,1-4H3. The van der Waals surface area contributed by atoms with Crippen molar-refractivity contribution in [3.8, 4) is 0 Å². The van der Waals surface area contributed by atoms with Crippen LogP contribution in [0, 0.1) is 0 Å². The molecule has 1 amide bonds. The lowest BCUT2D eigenvalue weighted by molar-refractivity contribution is -0.131. The molecule has 0 heterocycles. The largest absolute Gasteiger partial charge is 0.343 e. The number of alkyl halides is 1. The molecule has 0 saturated heterocycles. The lowest BCUT2D eigenvalue weighted by Crippen LogP contribution is -2.35. The lowest BCUT2D eigenvalue weighted by atomic mass is 10.2. The van der Waals surface area contributed by atoms with E-state index in [4.69, 9.17) is 11.6 Å². The maximum atomic E-state index is 12.2. The van der Waals surface area contributed by atoms with Gasteiger partial charge >= 0.3 is 0 Å². The summed E-state index contributed by atoms with van der Waals surface area (Å²) in [6, 6.07) is 0. The summed E-state index contributed by atoms with van der Waals surface area (Å²) in [5, 5.41) is 0. The van der Waals surface area contributed by atoms with E-state index >= 15 is 0 Å². The number of unbranched alkanes of at least 4 members (excludes halogenated alkanes) is 1. The van der Waals surface area contributed by atoms with Gasteiger partial charge in [0.25, 0.3) is 0 Å². The van der Waals surface area contributed by atoms with Gasteiger partial charge in [0.2, 0.25) is 5.91 Å². The molecule has 0 aromatic rings. The summed E-state index contributed by atoms with van der Waals surface area (Å²) in [5.74, 6) is 0.932. The average Bonchev–Trinajstić information content (AvgIpc) is 2.36. The fraction of sp³-hybridized carbons (Fsp3) is 0.933. The van der Waals surface area contributed by atoms with E-state index in [1.807, 2.05) is 4.90 Å². The van der Waals surface area contributed by atoms with Crippen molar-refractivity contribution in [2.75, 3.05) is 60.2 Å². The maximum absolute atomic E-state index is 12.2. The SMILES string of the molecule is CN(C)CCCN(CCCN(C)C)C(=O)CCCCCl. The average molecular weight is 306 g/mol. The van der Waals surface area contributed by atoms with Crippen LogP contribution in [0.2, 0.25) is 0 Å². The molecule has 0 saturated carbocycles. The molecule has 0 aromatic carbocycles. The van der Waals surface area contributed by atoms with E-state index in [1.54, 1.807) is 0 Å². The summed E-state index contributed by atoms with van der Waals surface area (Å²) in [6.45, 7) is 3.79. The second kappa shape index (κ2) is 12.4. The molecule has 0 spiro atoms. The van der Waals surface area contributed by atoms with E-state index in [9.17, 15) is 4.79 Å². The van der Waals surface area contributed by atoms with Crippen LogP contribution in [0.25, 0.3) is 0 Å². The van der Waals surface area contributed by atoms with Crippen LogP contribution in [-0.2, 0) is 4.79 Å². The first-order valence-corrected chi connectivity index (χ1v) is 8.14. The predicted molar refractivity (Wildman–Crippen MR) is 87.5 cm³/mol. The van der Waals surface area contributed by atoms with Crippen molar-refractivity contribution in [1.29, 1.82) is 0 Å². The van der Waals surface area contributed by atoms with Gasteiger partial charge in [0.05, 0.1) is 0 Å². The predicted octanol–water partition coefficient (Wildman–Crippen LogP) is 2.13. The highest BCUT2D eigenvalue weighted by Gasteiger charge is 2.12. The van der Waals surface area contributed by atoms with Gasteiger partial charge in [-0.05, 0) is 67.0 Å². The summed E-state index contributed by atoms with van der Waals surface area (Å²) in [5.41, 5.74) is 0. The first-order chi connectivity index (χ1) is 9.47. The second-order valence-electron chi connectivity index (χ2n) is 5.84. The molecule has 0 unspecified atom stereocenters. The second-order valence-corrected chi connectivity index (χ2v) is 6.22. The quantitative estimate of drug-likeness (QED) is 0.408. The molecule has 0 fully saturated rings. The molecule has 0 aromatic heterocycles. The van der Waals surface area contributed by atoms with E-state index in [2.05, 4.69) is 38.0 Å². The highest BCUT2D eigenvalue weighted by atomic mass is 35.5. The Labute approximate surface area is 130 Å². The Morgan fingerprint density at radius 3 is 1.70 bits per heavy atom. The van der Waals surface area contributed by atoms with Crippen molar-refractivity contribution in [2.24, 2.45) is 0 Å². The zero-order chi connectivity index (χ0) is 15.4. The van der Waals surface area contributed by atoms with Crippen LogP contribution in [0.1, 0.15) is 32.1 Å². The van der Waals surface area contributed by atoms with Gasteiger partial charge in [0.1, 0.15) is 0 Å². The number of hydrogen-bond donors (Lipinski definition) is 0. The third-order valence-electron chi connectivity index (χ3n) is 3.19. The van der Waals surface area contributed by atoms with Crippen molar-refractivity contribution < 1.29 is 4.79 Å². The van der Waals surface area contributed by atoms with Crippen molar-refractivity contribution in [1.82, 2.24) is 14.7 Å². The van der Waals surface area contributed by atoms with E-state index < -0.39 is 0 Å². The van der Waals surface area contributed by atoms with Crippen molar-refractivity contribution in [2.45, 2.75) is 32.1 Å². The zero-order valence-corrected chi connectivity index (χ0v) is 14.5. The normalized spacial score (nSPS) is 11.3. The van der Waals surface area contributed by atoms with Gasteiger partial charge in [-0.2, -0.15) is 0 Å². The van der Waals surface area contributed by atoms with E-state index in [1.165, 1.54) is 0 Å². The summed E-state index contributed by atoms with van der Waals surface area (Å²) >= 11 is 5.67. The molecule has 0 aliphatic carbocycles. The first-order valence-electron chi connectivity index (χ1n) is 7.60. The number of amides is 1. The lowest BCUT2D eigenvalue weighted by Gasteiger charge is -2.24.